The Labute approximate surface area is 216 Å². The van der Waals surface area contributed by atoms with Gasteiger partial charge in [0.2, 0.25) is 0 Å². The number of carbonyl (C=O) groups excluding carboxylic acids is 1. The predicted molar refractivity (Wildman–Crippen MR) is 122 cm³/mol. The SMILES string of the molecule is CC(OC(=O)Cc1ccc(-c2ncn(-c3ccc(OC(F)(F)F)cc3)n2)cc1)c1ccc(C(F)(F)F)[n+]([O-])c1. The lowest BCUT2D eigenvalue weighted by Crippen LogP contribution is -2.37. The Bertz CT molecular complexity index is 1450. The summed E-state index contributed by atoms with van der Waals surface area (Å²) in [6.45, 7) is 1.43. The molecule has 2 aromatic heterocycles. The van der Waals surface area contributed by atoms with Crippen LogP contribution in [0, 0.1) is 5.21 Å². The first-order chi connectivity index (χ1) is 18.3. The van der Waals surface area contributed by atoms with Crippen LogP contribution in [0.3, 0.4) is 0 Å². The number of ether oxygens (including phenoxy) is 2. The molecule has 0 spiro atoms. The van der Waals surface area contributed by atoms with Crippen molar-refractivity contribution in [1.82, 2.24) is 14.8 Å². The Balaban J connectivity index is 1.36. The number of alkyl halides is 6. The molecule has 14 heteroatoms. The third-order valence-corrected chi connectivity index (χ3v) is 5.39. The van der Waals surface area contributed by atoms with E-state index in [0.29, 0.717) is 34.9 Å². The first-order valence-corrected chi connectivity index (χ1v) is 11.2. The lowest BCUT2D eigenvalue weighted by atomic mass is 10.1. The van der Waals surface area contributed by atoms with E-state index in [1.807, 2.05) is 0 Å². The van der Waals surface area contributed by atoms with E-state index >= 15 is 0 Å². The van der Waals surface area contributed by atoms with Crippen molar-refractivity contribution in [2.24, 2.45) is 0 Å². The van der Waals surface area contributed by atoms with Crippen LogP contribution in [-0.2, 0) is 22.1 Å². The molecule has 204 valence electrons. The van der Waals surface area contributed by atoms with E-state index in [1.54, 1.807) is 24.3 Å². The fraction of sp³-hybridized carbons (Fsp3) is 0.200. The van der Waals surface area contributed by atoms with Gasteiger partial charge in [0.1, 0.15) is 18.2 Å². The molecule has 0 aliphatic heterocycles. The maximum atomic E-state index is 12.8. The van der Waals surface area contributed by atoms with Crippen molar-refractivity contribution in [1.29, 1.82) is 0 Å². The fourth-order valence-corrected chi connectivity index (χ4v) is 3.52. The summed E-state index contributed by atoms with van der Waals surface area (Å²) in [5, 5.41) is 16.0. The number of benzene rings is 2. The minimum atomic E-state index is -4.80. The molecule has 0 radical (unpaired) electrons. The van der Waals surface area contributed by atoms with E-state index in [9.17, 15) is 36.3 Å². The lowest BCUT2D eigenvalue weighted by Gasteiger charge is -2.14. The molecular formula is C25H18F6N4O4. The van der Waals surface area contributed by atoms with Crippen molar-refractivity contribution in [2.45, 2.75) is 32.0 Å². The van der Waals surface area contributed by atoms with Crippen LogP contribution in [0.5, 0.6) is 5.75 Å². The molecule has 0 fully saturated rings. The second kappa shape index (κ2) is 10.6. The van der Waals surface area contributed by atoms with Crippen LogP contribution in [0.1, 0.15) is 29.8 Å². The molecule has 1 unspecified atom stereocenters. The number of halogens is 6. The third kappa shape index (κ3) is 7.03. The first kappa shape index (κ1) is 27.4. The zero-order chi connectivity index (χ0) is 28.4. The molecular weight excluding hydrogens is 534 g/mol. The number of rotatable bonds is 7. The zero-order valence-corrected chi connectivity index (χ0v) is 19.9. The number of nitrogens with zero attached hydrogens (tertiary/aromatic N) is 4. The zero-order valence-electron chi connectivity index (χ0n) is 19.9. The highest BCUT2D eigenvalue weighted by Gasteiger charge is 2.40. The van der Waals surface area contributed by atoms with E-state index in [1.165, 1.54) is 30.1 Å². The molecule has 0 aliphatic carbocycles. The molecule has 2 heterocycles. The molecule has 0 saturated carbocycles. The summed E-state index contributed by atoms with van der Waals surface area (Å²) in [4.78, 5) is 16.5. The number of aromatic nitrogens is 4. The Morgan fingerprint density at radius 1 is 1.00 bits per heavy atom. The summed E-state index contributed by atoms with van der Waals surface area (Å²) in [7, 11) is 0. The van der Waals surface area contributed by atoms with Gasteiger partial charge in [0.15, 0.2) is 12.0 Å². The maximum absolute atomic E-state index is 12.8. The average Bonchev–Trinajstić information content (AvgIpc) is 3.33. The third-order valence-electron chi connectivity index (χ3n) is 5.39. The number of carbonyl (C=O) groups is 1. The van der Waals surface area contributed by atoms with Crippen LogP contribution in [-0.4, -0.2) is 27.1 Å². The minimum Gasteiger partial charge on any atom is -0.618 e. The second-order valence-corrected chi connectivity index (χ2v) is 8.23. The second-order valence-electron chi connectivity index (χ2n) is 8.23. The summed E-state index contributed by atoms with van der Waals surface area (Å²) in [5.41, 5.74) is 0.346. The number of pyridine rings is 1. The van der Waals surface area contributed by atoms with Crippen LogP contribution in [0.2, 0.25) is 0 Å². The highest BCUT2D eigenvalue weighted by molar-refractivity contribution is 5.73. The van der Waals surface area contributed by atoms with E-state index in [-0.39, 0.29) is 22.5 Å². The minimum absolute atomic E-state index is 0.103. The van der Waals surface area contributed by atoms with Crippen molar-refractivity contribution < 1.29 is 45.3 Å². The van der Waals surface area contributed by atoms with E-state index < -0.39 is 30.3 Å². The van der Waals surface area contributed by atoms with Gasteiger partial charge >= 0.3 is 18.5 Å². The monoisotopic (exact) mass is 552 g/mol. The van der Waals surface area contributed by atoms with Crippen molar-refractivity contribution in [3.05, 3.63) is 95.2 Å². The van der Waals surface area contributed by atoms with Crippen molar-refractivity contribution in [2.75, 3.05) is 0 Å². The normalized spacial score (nSPS) is 12.7. The summed E-state index contributed by atoms with van der Waals surface area (Å²) in [6, 6.07) is 13.3. The van der Waals surface area contributed by atoms with Gasteiger partial charge in [-0.05, 0) is 42.8 Å². The highest BCUT2D eigenvalue weighted by atomic mass is 19.4. The van der Waals surface area contributed by atoms with Gasteiger partial charge in [-0.3, -0.25) is 4.79 Å². The van der Waals surface area contributed by atoms with E-state index in [4.69, 9.17) is 4.74 Å². The Morgan fingerprint density at radius 3 is 2.26 bits per heavy atom. The molecule has 0 aliphatic rings. The van der Waals surface area contributed by atoms with Gasteiger partial charge in [0.05, 0.1) is 17.7 Å². The molecule has 39 heavy (non-hydrogen) atoms. The summed E-state index contributed by atoms with van der Waals surface area (Å²) in [6.07, 6.45) is -8.60. The summed E-state index contributed by atoms with van der Waals surface area (Å²) >= 11 is 0. The van der Waals surface area contributed by atoms with Crippen LogP contribution >= 0.6 is 0 Å². The number of esters is 1. The quantitative estimate of drug-likeness (QED) is 0.133. The Hall–Kier alpha value is -4.62. The molecule has 8 nitrogen and oxygen atoms in total. The van der Waals surface area contributed by atoms with Crippen molar-refractivity contribution in [3.8, 4) is 22.8 Å². The van der Waals surface area contributed by atoms with Gasteiger partial charge in [0, 0.05) is 11.6 Å². The van der Waals surface area contributed by atoms with Gasteiger partial charge in [-0.25, -0.2) is 9.67 Å². The summed E-state index contributed by atoms with van der Waals surface area (Å²) in [5.74, 6) is -0.710. The van der Waals surface area contributed by atoms with Crippen LogP contribution < -0.4 is 9.47 Å². The highest BCUT2D eigenvalue weighted by Crippen LogP contribution is 2.28. The molecule has 4 aromatic rings. The molecule has 0 saturated heterocycles. The topological polar surface area (TPSA) is 93.2 Å². The maximum Gasteiger partial charge on any atom is 0.573 e. The summed E-state index contributed by atoms with van der Waals surface area (Å²) < 4.78 is 85.4. The first-order valence-electron chi connectivity index (χ1n) is 11.2. The smallest absolute Gasteiger partial charge is 0.573 e. The standard InChI is InChI=1S/C25H18F6N4O4/c1-15(18-6-11-21(24(26,27)28)35(37)13-18)38-22(36)12-16-2-4-17(5-3-16)23-32-14-34(33-23)19-7-9-20(10-8-19)39-25(29,30)31/h2-11,13-15H,12H2,1H3. The van der Waals surface area contributed by atoms with Crippen molar-refractivity contribution in [3.63, 3.8) is 0 Å². The van der Waals surface area contributed by atoms with Gasteiger partial charge in [-0.1, -0.05) is 24.3 Å². The molecule has 4 rings (SSSR count). The Kier molecular flexibility index (Phi) is 7.47. The largest absolute Gasteiger partial charge is 0.618 e. The van der Waals surface area contributed by atoms with E-state index in [2.05, 4.69) is 14.8 Å². The average molecular weight is 552 g/mol. The van der Waals surface area contributed by atoms with Crippen LogP contribution in [0.4, 0.5) is 26.3 Å². The van der Waals surface area contributed by atoms with Gasteiger partial charge in [0.25, 0.3) is 5.69 Å². The molecule has 0 bridgehead atoms. The molecule has 0 amide bonds. The van der Waals surface area contributed by atoms with Gasteiger partial charge < -0.3 is 14.7 Å². The van der Waals surface area contributed by atoms with Gasteiger partial charge in [-0.2, -0.15) is 17.9 Å². The number of hydrogen-bond donors (Lipinski definition) is 0. The van der Waals surface area contributed by atoms with Gasteiger partial charge in [-0.15, -0.1) is 18.3 Å². The fourth-order valence-electron chi connectivity index (χ4n) is 3.52. The molecule has 0 N–H and O–H groups in total. The van der Waals surface area contributed by atoms with Crippen molar-refractivity contribution >= 4 is 5.97 Å². The Morgan fingerprint density at radius 2 is 1.67 bits per heavy atom. The predicted octanol–water partition coefficient (Wildman–Crippen LogP) is 5.33. The van der Waals surface area contributed by atoms with Crippen LogP contribution in [0.25, 0.3) is 17.1 Å². The molecule has 2 aromatic carbocycles. The molecule has 1 atom stereocenters. The van der Waals surface area contributed by atoms with E-state index in [0.717, 1.165) is 18.2 Å². The number of hydrogen-bond acceptors (Lipinski definition) is 6. The lowest BCUT2D eigenvalue weighted by molar-refractivity contribution is -0.629. The van der Waals surface area contributed by atoms with Crippen LogP contribution in [0.15, 0.2) is 73.2 Å².